The quantitative estimate of drug-likeness (QED) is 0.572. The van der Waals surface area contributed by atoms with Crippen molar-refractivity contribution >= 4 is 33.0 Å². The van der Waals surface area contributed by atoms with Gasteiger partial charge in [-0.3, -0.25) is 4.79 Å². The second-order valence-electron chi connectivity index (χ2n) is 7.00. The first-order chi connectivity index (χ1) is 15.2. The van der Waals surface area contributed by atoms with Crippen LogP contribution in [0.15, 0.2) is 35.4 Å². The van der Waals surface area contributed by atoms with E-state index >= 15 is 0 Å². The summed E-state index contributed by atoms with van der Waals surface area (Å²) in [5, 5.41) is 14.2. The number of hydrogen-bond acceptors (Lipinski definition) is 7. The van der Waals surface area contributed by atoms with E-state index in [0.717, 1.165) is 17.5 Å². The molecular formula is C18H17F3N6O3S2. The fraction of sp³-hybridized carbons (Fsp3) is 0.333. The lowest BCUT2D eigenvalue weighted by Gasteiger charge is -2.21. The number of nitrogens with one attached hydrogen (secondary N) is 1. The topological polar surface area (TPSA) is 110 Å². The maximum Gasteiger partial charge on any atom is 0.333 e. The largest absolute Gasteiger partial charge is 0.333 e. The molecule has 1 amide bonds. The van der Waals surface area contributed by atoms with Crippen molar-refractivity contribution in [3.63, 3.8) is 0 Å². The molecule has 0 unspecified atom stereocenters. The molecule has 2 aromatic heterocycles. The van der Waals surface area contributed by atoms with E-state index in [1.54, 1.807) is 0 Å². The average molecular weight is 487 g/mol. The van der Waals surface area contributed by atoms with Gasteiger partial charge in [0.15, 0.2) is 0 Å². The zero-order chi connectivity index (χ0) is 23.0. The van der Waals surface area contributed by atoms with Crippen molar-refractivity contribution in [2.45, 2.75) is 37.3 Å². The highest BCUT2D eigenvalue weighted by atomic mass is 32.2. The predicted molar refractivity (Wildman–Crippen MR) is 108 cm³/mol. The molecule has 1 fully saturated rings. The highest BCUT2D eigenvalue weighted by molar-refractivity contribution is 7.89. The number of anilines is 1. The third-order valence-electron chi connectivity index (χ3n) is 5.00. The van der Waals surface area contributed by atoms with Gasteiger partial charge in [0.05, 0.1) is 17.9 Å². The van der Waals surface area contributed by atoms with E-state index in [4.69, 9.17) is 0 Å². The Morgan fingerprint density at radius 1 is 1.25 bits per heavy atom. The van der Waals surface area contributed by atoms with E-state index in [9.17, 15) is 26.4 Å². The summed E-state index contributed by atoms with van der Waals surface area (Å²) in [6.45, 7) is -1.53. The molecule has 3 heterocycles. The fourth-order valence-corrected chi connectivity index (χ4v) is 6.20. The lowest BCUT2D eigenvalue weighted by molar-refractivity contribution is 0.0541. The molecule has 0 saturated carbocycles. The van der Waals surface area contributed by atoms with Crippen LogP contribution in [-0.2, 0) is 10.0 Å². The van der Waals surface area contributed by atoms with E-state index in [0.29, 0.717) is 28.2 Å². The van der Waals surface area contributed by atoms with Gasteiger partial charge in [-0.15, -0.1) is 10.2 Å². The van der Waals surface area contributed by atoms with Crippen LogP contribution in [0.5, 0.6) is 0 Å². The number of aromatic nitrogens is 4. The van der Waals surface area contributed by atoms with Crippen molar-refractivity contribution in [3.8, 4) is 0 Å². The maximum absolute atomic E-state index is 13.2. The first kappa shape index (κ1) is 22.4. The second-order valence-corrected chi connectivity index (χ2v) is 9.86. The zero-order valence-electron chi connectivity index (χ0n) is 16.6. The van der Waals surface area contributed by atoms with Crippen LogP contribution in [-0.4, -0.2) is 45.2 Å². The van der Waals surface area contributed by atoms with Crippen molar-refractivity contribution in [2.24, 2.45) is 0 Å². The molecule has 14 heteroatoms. The van der Waals surface area contributed by atoms with Gasteiger partial charge in [0.2, 0.25) is 15.0 Å². The van der Waals surface area contributed by atoms with Crippen LogP contribution in [0.4, 0.5) is 18.9 Å². The Labute approximate surface area is 184 Å². The summed E-state index contributed by atoms with van der Waals surface area (Å²) >= 11 is 0.935. The molecule has 9 nitrogen and oxygen atoms in total. The SMILES string of the molecule is Cc1c(S(=O)(=O)N2CCC[C@H]2c2nnc(C(=O)Nc3ccc(F)cc3)s2)cnn1C(F)F. The summed E-state index contributed by atoms with van der Waals surface area (Å²) in [4.78, 5) is 12.1. The molecule has 0 spiro atoms. The number of rotatable bonds is 6. The number of benzene rings is 1. The zero-order valence-corrected chi connectivity index (χ0v) is 18.2. The number of carbonyl (C=O) groups is 1. The Morgan fingerprint density at radius 2 is 1.97 bits per heavy atom. The summed E-state index contributed by atoms with van der Waals surface area (Å²) < 4.78 is 66.9. The Balaban J connectivity index is 1.56. The fourth-order valence-electron chi connectivity index (χ4n) is 3.44. The monoisotopic (exact) mass is 486 g/mol. The lowest BCUT2D eigenvalue weighted by atomic mass is 10.2. The van der Waals surface area contributed by atoms with Gasteiger partial charge in [-0.25, -0.2) is 17.5 Å². The van der Waals surface area contributed by atoms with Gasteiger partial charge in [-0.2, -0.15) is 18.2 Å². The highest BCUT2D eigenvalue weighted by Gasteiger charge is 2.40. The van der Waals surface area contributed by atoms with Crippen molar-refractivity contribution in [1.82, 2.24) is 24.3 Å². The van der Waals surface area contributed by atoms with Gasteiger partial charge >= 0.3 is 6.55 Å². The minimum absolute atomic E-state index is 0.00951. The molecule has 1 atom stereocenters. The molecular weight excluding hydrogens is 469 g/mol. The normalized spacial score (nSPS) is 17.2. The van der Waals surface area contributed by atoms with Crippen LogP contribution in [0.1, 0.15) is 45.9 Å². The highest BCUT2D eigenvalue weighted by Crippen LogP contribution is 2.38. The van der Waals surface area contributed by atoms with Crippen LogP contribution in [0.25, 0.3) is 0 Å². The van der Waals surface area contributed by atoms with Crippen LogP contribution in [0, 0.1) is 12.7 Å². The average Bonchev–Trinajstić information content (AvgIpc) is 3.48. The number of sulfonamides is 1. The maximum atomic E-state index is 13.2. The van der Waals surface area contributed by atoms with Crippen molar-refractivity contribution < 1.29 is 26.4 Å². The Morgan fingerprint density at radius 3 is 2.62 bits per heavy atom. The Hall–Kier alpha value is -2.84. The van der Waals surface area contributed by atoms with Gasteiger partial charge in [0.25, 0.3) is 5.91 Å². The summed E-state index contributed by atoms with van der Waals surface area (Å²) in [5.41, 5.74) is 0.201. The van der Waals surface area contributed by atoms with Crippen molar-refractivity contribution in [1.29, 1.82) is 0 Å². The smallest absolute Gasteiger partial charge is 0.320 e. The number of nitrogens with zero attached hydrogens (tertiary/aromatic N) is 5. The number of halogens is 3. The lowest BCUT2D eigenvalue weighted by Crippen LogP contribution is -2.31. The molecule has 170 valence electrons. The molecule has 1 aliphatic heterocycles. The molecule has 1 saturated heterocycles. The van der Waals surface area contributed by atoms with Crippen LogP contribution < -0.4 is 5.32 Å². The van der Waals surface area contributed by atoms with Crippen molar-refractivity contribution in [3.05, 3.63) is 52.0 Å². The summed E-state index contributed by atoms with van der Waals surface area (Å²) in [5.74, 6) is -1.01. The van der Waals surface area contributed by atoms with E-state index in [1.807, 2.05) is 0 Å². The predicted octanol–water partition coefficient (Wildman–Crippen LogP) is 3.36. The summed E-state index contributed by atoms with van der Waals surface area (Å²) in [7, 11) is -4.12. The molecule has 1 N–H and O–H groups in total. The van der Waals surface area contributed by atoms with Gasteiger partial charge in [0, 0.05) is 12.2 Å². The minimum Gasteiger partial charge on any atom is -0.320 e. The number of hydrogen-bond donors (Lipinski definition) is 1. The second kappa shape index (κ2) is 8.60. The molecule has 4 rings (SSSR count). The molecule has 1 aliphatic rings. The molecule has 0 radical (unpaired) electrons. The van der Waals surface area contributed by atoms with Crippen molar-refractivity contribution in [2.75, 3.05) is 11.9 Å². The standard InChI is InChI=1S/C18H17F3N6O3S2/c1-10-14(9-22-27(10)18(20)21)32(29,30)26-8-2-3-13(26)16-24-25-17(31-16)15(28)23-12-6-4-11(19)5-7-12/h4-7,9,13,18H,2-3,8H2,1H3,(H,23,28)/t13-/m0/s1. The van der Waals surface area contributed by atoms with Gasteiger partial charge in [0.1, 0.15) is 15.7 Å². The first-order valence-corrected chi connectivity index (χ1v) is 11.7. The van der Waals surface area contributed by atoms with Crippen LogP contribution in [0.3, 0.4) is 0 Å². The molecule has 32 heavy (non-hydrogen) atoms. The van der Waals surface area contributed by atoms with E-state index in [2.05, 4.69) is 20.6 Å². The third-order valence-corrected chi connectivity index (χ3v) is 8.03. The number of alkyl halides is 2. The number of amides is 1. The van der Waals surface area contributed by atoms with E-state index < -0.39 is 34.3 Å². The summed E-state index contributed by atoms with van der Waals surface area (Å²) in [6, 6.07) is 4.49. The first-order valence-electron chi connectivity index (χ1n) is 9.43. The molecule has 0 aliphatic carbocycles. The van der Waals surface area contributed by atoms with Crippen LogP contribution >= 0.6 is 11.3 Å². The third kappa shape index (κ3) is 4.12. The van der Waals surface area contributed by atoms with E-state index in [-0.39, 0.29) is 22.1 Å². The summed E-state index contributed by atoms with van der Waals surface area (Å²) in [6.07, 6.45) is 1.88. The van der Waals surface area contributed by atoms with Gasteiger partial charge in [-0.1, -0.05) is 11.3 Å². The minimum atomic E-state index is -4.12. The van der Waals surface area contributed by atoms with E-state index in [1.165, 1.54) is 35.5 Å². The van der Waals surface area contributed by atoms with Gasteiger partial charge < -0.3 is 5.32 Å². The molecule has 1 aromatic carbocycles. The number of carbonyl (C=O) groups excluding carboxylic acids is 1. The van der Waals surface area contributed by atoms with Gasteiger partial charge in [-0.05, 0) is 44.0 Å². The van der Waals surface area contributed by atoms with Crippen LogP contribution in [0.2, 0.25) is 0 Å². The molecule has 0 bridgehead atoms. The Bertz CT molecular complexity index is 1240. The molecule has 3 aromatic rings. The Kier molecular flexibility index (Phi) is 6.01.